The molecule has 0 bridgehead atoms. The Morgan fingerprint density at radius 2 is 1.23 bits per heavy atom. The van der Waals surface area contributed by atoms with Crippen LogP contribution < -0.4 is 21.7 Å². The van der Waals surface area contributed by atoms with E-state index in [1.165, 1.54) is 0 Å². The number of hydrogen-bond acceptors (Lipinski definition) is 3. The number of carbonyl (C=O) groups excluding carboxylic acids is 2. The summed E-state index contributed by atoms with van der Waals surface area (Å²) in [6.07, 6.45) is 0.622. The van der Waals surface area contributed by atoms with Gasteiger partial charge in [-0.3, -0.25) is 10.1 Å². The van der Waals surface area contributed by atoms with Crippen LogP contribution in [-0.2, 0) is 30.8 Å². The van der Waals surface area contributed by atoms with Gasteiger partial charge in [-0.15, -0.1) is 0 Å². The Labute approximate surface area is 229 Å². The van der Waals surface area contributed by atoms with Crippen molar-refractivity contribution in [2.45, 2.75) is 32.0 Å². The van der Waals surface area contributed by atoms with Crippen molar-refractivity contribution in [3.8, 4) is 0 Å². The molecule has 1 unspecified atom stereocenters. The summed E-state index contributed by atoms with van der Waals surface area (Å²) in [5, 5.41) is 8.39. The van der Waals surface area contributed by atoms with Crippen molar-refractivity contribution in [1.29, 1.82) is 0 Å². The zero-order valence-corrected chi connectivity index (χ0v) is 21.7. The molecule has 198 valence electrons. The Balaban J connectivity index is 1.30. The predicted molar refractivity (Wildman–Crippen MR) is 155 cm³/mol. The largest absolute Gasteiger partial charge is 0.370 e. The molecule has 0 aromatic heterocycles. The van der Waals surface area contributed by atoms with Crippen molar-refractivity contribution < 1.29 is 9.59 Å². The lowest BCUT2D eigenvalue weighted by Crippen LogP contribution is -2.43. The molecule has 4 aromatic rings. The number of nitrogens with two attached hydrogens (primary N) is 1. The monoisotopic (exact) mass is 519 g/mol. The summed E-state index contributed by atoms with van der Waals surface area (Å²) in [5.74, 6) is -0.283. The Bertz CT molecular complexity index is 1380. The summed E-state index contributed by atoms with van der Waals surface area (Å²) in [4.78, 5) is 29.6. The first-order valence-electron chi connectivity index (χ1n) is 12.9. The lowest BCUT2D eigenvalue weighted by Gasteiger charge is -2.18. The van der Waals surface area contributed by atoms with Crippen LogP contribution in [0.1, 0.15) is 33.7 Å². The van der Waals surface area contributed by atoms with Crippen LogP contribution in [0.15, 0.2) is 120 Å². The van der Waals surface area contributed by atoms with Gasteiger partial charge in [-0.05, 0) is 34.2 Å². The molecule has 0 saturated carbocycles. The molecule has 4 aromatic carbocycles. The van der Waals surface area contributed by atoms with Crippen LogP contribution in [0.5, 0.6) is 0 Å². The summed E-state index contributed by atoms with van der Waals surface area (Å²) in [6.45, 7) is 1.08. The molecular formula is C32H33N5O2. The fourth-order valence-corrected chi connectivity index (χ4v) is 4.20. The van der Waals surface area contributed by atoms with Crippen LogP contribution in [0.2, 0.25) is 0 Å². The van der Waals surface area contributed by atoms with E-state index < -0.39 is 6.03 Å². The average Bonchev–Trinajstić information content (AvgIpc) is 2.98. The summed E-state index contributed by atoms with van der Waals surface area (Å²) >= 11 is 0. The molecule has 0 spiro atoms. The zero-order valence-electron chi connectivity index (χ0n) is 21.7. The highest BCUT2D eigenvalue weighted by Gasteiger charge is 2.20. The average molecular weight is 520 g/mol. The second-order valence-corrected chi connectivity index (χ2v) is 9.19. The fraction of sp³-hybridized carbons (Fsp3) is 0.156. The Kier molecular flexibility index (Phi) is 9.84. The SMILES string of the molecule is NC(=NCc1cccc(CNC(=O)C(Cc2ccccc2)c2ccccc2)c1)NC(=O)NCc1ccccc1. The van der Waals surface area contributed by atoms with Crippen molar-refractivity contribution in [3.63, 3.8) is 0 Å². The molecule has 0 radical (unpaired) electrons. The van der Waals surface area contributed by atoms with E-state index in [-0.39, 0.29) is 17.8 Å². The minimum absolute atomic E-state index is 0.0246. The van der Waals surface area contributed by atoms with Gasteiger partial charge < -0.3 is 16.4 Å². The quantitative estimate of drug-likeness (QED) is 0.181. The number of amides is 3. The molecule has 0 heterocycles. The Morgan fingerprint density at radius 3 is 1.92 bits per heavy atom. The van der Waals surface area contributed by atoms with Gasteiger partial charge >= 0.3 is 6.03 Å². The second kappa shape index (κ2) is 14.1. The zero-order chi connectivity index (χ0) is 27.3. The van der Waals surface area contributed by atoms with Gasteiger partial charge in [0.25, 0.3) is 0 Å². The van der Waals surface area contributed by atoms with Gasteiger partial charge in [0.2, 0.25) is 5.91 Å². The molecule has 0 fully saturated rings. The molecule has 7 heteroatoms. The molecule has 5 N–H and O–H groups in total. The number of urea groups is 1. The maximum atomic E-state index is 13.3. The van der Waals surface area contributed by atoms with Crippen LogP contribution in [-0.4, -0.2) is 17.9 Å². The molecule has 0 aliphatic rings. The first kappa shape index (κ1) is 27.1. The van der Waals surface area contributed by atoms with Crippen molar-refractivity contribution >= 4 is 17.9 Å². The molecule has 0 saturated heterocycles. The van der Waals surface area contributed by atoms with E-state index in [1.54, 1.807) is 0 Å². The van der Waals surface area contributed by atoms with Crippen LogP contribution in [0, 0.1) is 0 Å². The normalized spacial score (nSPS) is 11.8. The van der Waals surface area contributed by atoms with E-state index in [9.17, 15) is 9.59 Å². The van der Waals surface area contributed by atoms with Gasteiger partial charge in [0.15, 0.2) is 5.96 Å². The summed E-state index contributed by atoms with van der Waals surface area (Å²) < 4.78 is 0. The smallest absolute Gasteiger partial charge is 0.321 e. The van der Waals surface area contributed by atoms with Gasteiger partial charge in [0.1, 0.15) is 0 Å². The van der Waals surface area contributed by atoms with E-state index in [2.05, 4.69) is 20.9 Å². The number of benzene rings is 4. The minimum Gasteiger partial charge on any atom is -0.370 e. The topological polar surface area (TPSA) is 109 Å². The van der Waals surface area contributed by atoms with Crippen LogP contribution >= 0.6 is 0 Å². The third kappa shape index (κ3) is 8.86. The number of nitrogens with one attached hydrogen (secondary N) is 3. The van der Waals surface area contributed by atoms with Crippen LogP contribution in [0.3, 0.4) is 0 Å². The maximum absolute atomic E-state index is 13.3. The second-order valence-electron chi connectivity index (χ2n) is 9.19. The maximum Gasteiger partial charge on any atom is 0.321 e. The highest BCUT2D eigenvalue weighted by Crippen LogP contribution is 2.21. The van der Waals surface area contributed by atoms with Crippen molar-refractivity contribution in [2.24, 2.45) is 10.7 Å². The molecule has 7 nitrogen and oxygen atoms in total. The standard InChI is InChI=1S/C32H33N5O2/c33-31(37-32(39)36-21-25-13-6-2-7-14-25)35-23-27-16-10-15-26(19-27)22-34-30(38)29(28-17-8-3-9-18-28)20-24-11-4-1-5-12-24/h1-19,29H,20-23H2,(H,34,38)(H4,33,35,36,37,39). The van der Waals surface area contributed by atoms with Crippen molar-refractivity contribution in [1.82, 2.24) is 16.0 Å². The lowest BCUT2D eigenvalue weighted by atomic mass is 9.91. The number of hydrogen-bond donors (Lipinski definition) is 4. The van der Waals surface area contributed by atoms with E-state index >= 15 is 0 Å². The Hall–Kier alpha value is -4.91. The fourth-order valence-electron chi connectivity index (χ4n) is 4.20. The number of aliphatic imine (C=N–C) groups is 1. The van der Waals surface area contributed by atoms with Gasteiger partial charge in [-0.2, -0.15) is 0 Å². The molecule has 4 rings (SSSR count). The highest BCUT2D eigenvalue weighted by atomic mass is 16.2. The van der Waals surface area contributed by atoms with E-state index in [0.717, 1.165) is 27.8 Å². The third-order valence-corrected chi connectivity index (χ3v) is 6.23. The predicted octanol–water partition coefficient (Wildman–Crippen LogP) is 4.64. The summed E-state index contributed by atoms with van der Waals surface area (Å²) in [5.41, 5.74) is 10.9. The number of nitrogens with zero attached hydrogens (tertiary/aromatic N) is 1. The van der Waals surface area contributed by atoms with Gasteiger partial charge in [-0.25, -0.2) is 9.79 Å². The number of carbonyl (C=O) groups is 2. The number of guanidine groups is 1. The molecule has 3 amide bonds. The third-order valence-electron chi connectivity index (χ3n) is 6.23. The first-order chi connectivity index (χ1) is 19.1. The molecule has 0 aliphatic heterocycles. The molecular weight excluding hydrogens is 486 g/mol. The van der Waals surface area contributed by atoms with Crippen LogP contribution in [0.4, 0.5) is 4.79 Å². The Morgan fingerprint density at radius 1 is 0.667 bits per heavy atom. The molecule has 0 aliphatic carbocycles. The van der Waals surface area contributed by atoms with Crippen molar-refractivity contribution in [3.05, 3.63) is 143 Å². The molecule has 1 atom stereocenters. The molecule has 39 heavy (non-hydrogen) atoms. The van der Waals surface area contributed by atoms with Crippen molar-refractivity contribution in [2.75, 3.05) is 0 Å². The van der Waals surface area contributed by atoms with E-state index in [1.807, 2.05) is 115 Å². The van der Waals surface area contributed by atoms with Gasteiger partial charge in [0.05, 0.1) is 12.5 Å². The number of rotatable bonds is 10. The van der Waals surface area contributed by atoms with Crippen LogP contribution in [0.25, 0.3) is 0 Å². The van der Waals surface area contributed by atoms with E-state index in [4.69, 9.17) is 5.73 Å². The highest BCUT2D eigenvalue weighted by molar-refractivity contribution is 5.95. The summed E-state index contributed by atoms with van der Waals surface area (Å²) in [6, 6.07) is 36.9. The summed E-state index contributed by atoms with van der Waals surface area (Å²) in [7, 11) is 0. The van der Waals surface area contributed by atoms with E-state index in [0.29, 0.717) is 26.1 Å². The first-order valence-corrected chi connectivity index (χ1v) is 12.9. The van der Waals surface area contributed by atoms with Gasteiger partial charge in [0, 0.05) is 13.1 Å². The minimum atomic E-state index is -0.417. The van der Waals surface area contributed by atoms with Gasteiger partial charge in [-0.1, -0.05) is 115 Å². The lowest BCUT2D eigenvalue weighted by molar-refractivity contribution is -0.122.